The van der Waals surface area contributed by atoms with Gasteiger partial charge in [-0.2, -0.15) is 0 Å². The first-order valence-electron chi connectivity index (χ1n) is 15.4. The van der Waals surface area contributed by atoms with E-state index >= 15 is 0 Å². The summed E-state index contributed by atoms with van der Waals surface area (Å²) in [6, 6.07) is 31.0. The molecule has 0 atom stereocenters. The predicted octanol–water partition coefficient (Wildman–Crippen LogP) is 6.74. The van der Waals surface area contributed by atoms with Gasteiger partial charge in [-0.1, -0.05) is 72.8 Å². The number of amides is 3. The number of fused-ring (bicyclic) bond motifs is 3. The molecule has 1 aliphatic rings. The van der Waals surface area contributed by atoms with Crippen LogP contribution >= 0.6 is 0 Å². The summed E-state index contributed by atoms with van der Waals surface area (Å²) in [6.45, 7) is 6.04. The number of anilines is 1. The summed E-state index contributed by atoms with van der Waals surface area (Å²) in [7, 11) is 0. The number of alkyl carbamates (subject to hydrolysis) is 1. The number of benzene rings is 4. The van der Waals surface area contributed by atoms with Gasteiger partial charge < -0.3 is 29.6 Å². The van der Waals surface area contributed by atoms with Crippen molar-refractivity contribution in [1.82, 2.24) is 10.6 Å². The molecule has 0 aliphatic heterocycles. The maximum absolute atomic E-state index is 12.3. The highest BCUT2D eigenvalue weighted by atomic mass is 16.6. The fourth-order valence-corrected chi connectivity index (χ4v) is 5.12. The van der Waals surface area contributed by atoms with Gasteiger partial charge in [0.1, 0.15) is 37.8 Å². The monoisotopic (exact) mass is 637 g/mol. The lowest BCUT2D eigenvalue weighted by molar-refractivity contribution is -0.122. The number of rotatable bonds is 12. The van der Waals surface area contributed by atoms with Gasteiger partial charge in [-0.3, -0.25) is 10.1 Å². The van der Waals surface area contributed by atoms with Crippen LogP contribution in [0, 0.1) is 0 Å². The summed E-state index contributed by atoms with van der Waals surface area (Å²) in [5.41, 5.74) is 6.48. The second-order valence-corrected chi connectivity index (χ2v) is 12.0. The molecule has 0 spiro atoms. The van der Waals surface area contributed by atoms with Crippen LogP contribution in [0.15, 0.2) is 97.1 Å². The highest BCUT2D eigenvalue weighted by Gasteiger charge is 2.29. The lowest BCUT2D eigenvalue weighted by atomic mass is 9.98. The summed E-state index contributed by atoms with van der Waals surface area (Å²) in [6.07, 6.45) is -1.17. The van der Waals surface area contributed by atoms with E-state index in [4.69, 9.17) is 18.9 Å². The molecule has 10 nitrogen and oxygen atoms in total. The number of nitrogens with one attached hydrogen (secondary N) is 3. The van der Waals surface area contributed by atoms with Crippen LogP contribution in [0.1, 0.15) is 48.9 Å². The van der Waals surface area contributed by atoms with Crippen LogP contribution < -0.4 is 20.7 Å². The molecule has 0 aromatic heterocycles. The van der Waals surface area contributed by atoms with Gasteiger partial charge in [0, 0.05) is 11.6 Å². The summed E-state index contributed by atoms with van der Waals surface area (Å²) in [5, 5.41) is 7.81. The topological polar surface area (TPSA) is 124 Å². The van der Waals surface area contributed by atoms with Crippen LogP contribution in [-0.4, -0.2) is 43.6 Å². The van der Waals surface area contributed by atoms with Crippen molar-refractivity contribution in [2.45, 2.75) is 45.5 Å². The third-order valence-corrected chi connectivity index (χ3v) is 7.31. The number of ether oxygens (including phenoxy) is 4. The summed E-state index contributed by atoms with van der Waals surface area (Å²) < 4.78 is 22.1. The molecule has 0 saturated carbocycles. The van der Waals surface area contributed by atoms with Crippen LogP contribution in [0.5, 0.6) is 5.75 Å². The summed E-state index contributed by atoms with van der Waals surface area (Å²) in [5.74, 6) is 0.223. The largest absolute Gasteiger partial charge is 0.489 e. The standard InChI is InChI=1S/C37H39N3O7/c1-37(2,3)47-36(43)40-27-16-18-28(19-17-27)45-22-26-14-12-25(13-15-26)21-44-24-39-34(41)20-38-35(42)46-23-33-31-10-6-4-8-29(31)30-9-5-7-11-32(30)33/h4-19,33H,20-24H2,1-3H3,(H,38,42)(H,39,41)(H,40,43). The SMILES string of the molecule is CC(C)(C)OC(=O)Nc1ccc(OCc2ccc(COCNC(=O)CNC(=O)OCC3c4ccccc4-c4ccccc43)cc2)cc1. The molecule has 47 heavy (non-hydrogen) atoms. The minimum atomic E-state index is -0.654. The van der Waals surface area contributed by atoms with Gasteiger partial charge in [0.2, 0.25) is 5.91 Å². The quantitative estimate of drug-likeness (QED) is 0.116. The number of carbonyl (C=O) groups excluding carboxylic acids is 3. The molecule has 1 aliphatic carbocycles. The molecule has 0 fully saturated rings. The molecule has 0 unspecified atom stereocenters. The van der Waals surface area contributed by atoms with Crippen molar-refractivity contribution in [3.63, 3.8) is 0 Å². The fourth-order valence-electron chi connectivity index (χ4n) is 5.12. The van der Waals surface area contributed by atoms with Crippen molar-refractivity contribution in [1.29, 1.82) is 0 Å². The Morgan fingerprint density at radius 2 is 1.30 bits per heavy atom. The Morgan fingerprint density at radius 1 is 0.702 bits per heavy atom. The zero-order chi connectivity index (χ0) is 33.2. The van der Waals surface area contributed by atoms with E-state index in [0.717, 1.165) is 33.4 Å². The van der Waals surface area contributed by atoms with Crippen LogP contribution in [0.4, 0.5) is 15.3 Å². The van der Waals surface area contributed by atoms with Crippen LogP contribution in [-0.2, 0) is 32.2 Å². The second kappa shape index (κ2) is 15.3. The van der Waals surface area contributed by atoms with Crippen LogP contribution in [0.25, 0.3) is 11.1 Å². The first-order chi connectivity index (χ1) is 22.6. The van der Waals surface area contributed by atoms with Gasteiger partial charge in [0.15, 0.2) is 0 Å². The molecule has 4 aromatic carbocycles. The minimum absolute atomic E-state index is 0.00511. The van der Waals surface area contributed by atoms with Crippen molar-refractivity contribution in [3.05, 3.63) is 119 Å². The molecular formula is C37H39N3O7. The van der Waals surface area contributed by atoms with Crippen molar-refractivity contribution >= 4 is 23.8 Å². The van der Waals surface area contributed by atoms with Gasteiger partial charge in [0.25, 0.3) is 0 Å². The molecule has 4 aromatic rings. The minimum Gasteiger partial charge on any atom is -0.489 e. The third kappa shape index (κ3) is 9.57. The Labute approximate surface area is 274 Å². The van der Waals surface area contributed by atoms with Crippen LogP contribution in [0.3, 0.4) is 0 Å². The van der Waals surface area contributed by atoms with Gasteiger partial charge >= 0.3 is 12.2 Å². The van der Waals surface area contributed by atoms with E-state index in [2.05, 4.69) is 40.2 Å². The fraction of sp³-hybridized carbons (Fsp3) is 0.270. The van der Waals surface area contributed by atoms with Crippen molar-refractivity contribution in [2.75, 3.05) is 25.2 Å². The van der Waals surface area contributed by atoms with Gasteiger partial charge in [0.05, 0.1) is 6.61 Å². The molecule has 244 valence electrons. The first-order valence-corrected chi connectivity index (χ1v) is 15.4. The molecule has 10 heteroatoms. The molecule has 3 N–H and O–H groups in total. The van der Waals surface area contributed by atoms with Crippen molar-refractivity contribution in [3.8, 4) is 16.9 Å². The van der Waals surface area contributed by atoms with E-state index in [0.29, 0.717) is 24.7 Å². The average molecular weight is 638 g/mol. The molecule has 3 amide bonds. The molecule has 0 saturated heterocycles. The number of carbonyl (C=O) groups is 3. The maximum atomic E-state index is 12.3. The van der Waals surface area contributed by atoms with E-state index in [1.807, 2.05) is 69.3 Å². The maximum Gasteiger partial charge on any atom is 0.412 e. The Balaban J connectivity index is 0.950. The molecule has 0 bridgehead atoms. The zero-order valence-electron chi connectivity index (χ0n) is 26.7. The Kier molecular flexibility index (Phi) is 10.7. The Hall–Kier alpha value is -5.35. The Morgan fingerprint density at radius 3 is 1.91 bits per heavy atom. The van der Waals surface area contributed by atoms with Gasteiger partial charge in [-0.05, 0) is 78.4 Å². The first kappa shape index (κ1) is 33.0. The molecular weight excluding hydrogens is 598 g/mol. The van der Waals surface area contributed by atoms with E-state index in [1.165, 1.54) is 0 Å². The lowest BCUT2D eigenvalue weighted by Crippen LogP contribution is -2.38. The lowest BCUT2D eigenvalue weighted by Gasteiger charge is -2.19. The number of hydrogen-bond acceptors (Lipinski definition) is 7. The molecule has 0 radical (unpaired) electrons. The van der Waals surface area contributed by atoms with Crippen molar-refractivity contribution < 1.29 is 33.3 Å². The summed E-state index contributed by atoms with van der Waals surface area (Å²) in [4.78, 5) is 36.4. The molecule has 0 heterocycles. The predicted molar refractivity (Wildman–Crippen MR) is 178 cm³/mol. The van der Waals surface area contributed by atoms with Crippen LogP contribution in [0.2, 0.25) is 0 Å². The second-order valence-electron chi connectivity index (χ2n) is 12.0. The normalized spacial score (nSPS) is 12.0. The average Bonchev–Trinajstić information content (AvgIpc) is 3.37. The van der Waals surface area contributed by atoms with Crippen molar-refractivity contribution in [2.24, 2.45) is 0 Å². The zero-order valence-corrected chi connectivity index (χ0v) is 26.7. The number of hydrogen-bond donors (Lipinski definition) is 3. The van der Waals surface area contributed by atoms with E-state index in [1.54, 1.807) is 24.3 Å². The molecule has 5 rings (SSSR count). The van der Waals surface area contributed by atoms with Gasteiger partial charge in [-0.15, -0.1) is 0 Å². The highest BCUT2D eigenvalue weighted by Crippen LogP contribution is 2.44. The smallest absolute Gasteiger partial charge is 0.412 e. The Bertz CT molecular complexity index is 1640. The van der Waals surface area contributed by atoms with Gasteiger partial charge in [-0.25, -0.2) is 9.59 Å². The van der Waals surface area contributed by atoms with E-state index < -0.39 is 17.8 Å². The third-order valence-electron chi connectivity index (χ3n) is 7.31. The summed E-state index contributed by atoms with van der Waals surface area (Å²) >= 11 is 0. The van der Waals surface area contributed by atoms with E-state index in [-0.39, 0.29) is 31.7 Å². The van der Waals surface area contributed by atoms with E-state index in [9.17, 15) is 14.4 Å². The highest BCUT2D eigenvalue weighted by molar-refractivity contribution is 5.85.